The van der Waals surface area contributed by atoms with Gasteiger partial charge in [-0.2, -0.15) is 0 Å². The predicted octanol–water partition coefficient (Wildman–Crippen LogP) is 0.0879. The van der Waals surface area contributed by atoms with Gasteiger partial charge in [-0.1, -0.05) is 0 Å². The highest BCUT2D eigenvalue weighted by atomic mass is 16.5. The molecule has 1 fully saturated rings. The van der Waals surface area contributed by atoms with Crippen molar-refractivity contribution in [3.63, 3.8) is 0 Å². The second-order valence-electron chi connectivity index (χ2n) is 3.25. The normalized spacial score (nSPS) is 29.2. The van der Waals surface area contributed by atoms with E-state index in [9.17, 15) is 0 Å². The molecule has 0 aliphatic carbocycles. The highest BCUT2D eigenvalue weighted by molar-refractivity contribution is 4.76. The molecule has 0 radical (unpaired) electrons. The highest BCUT2D eigenvalue weighted by Gasteiger charge is 2.22. The van der Waals surface area contributed by atoms with Crippen LogP contribution >= 0.6 is 0 Å². The lowest BCUT2D eigenvalue weighted by Gasteiger charge is -2.16. The number of hydrogen-bond acceptors (Lipinski definition) is 3. The van der Waals surface area contributed by atoms with E-state index in [1.807, 2.05) is 6.92 Å². The van der Waals surface area contributed by atoms with E-state index in [4.69, 9.17) is 9.84 Å². The summed E-state index contributed by atoms with van der Waals surface area (Å²) in [5.74, 6) is 0. The van der Waals surface area contributed by atoms with Crippen molar-refractivity contribution in [2.75, 3.05) is 26.7 Å². The van der Waals surface area contributed by atoms with Crippen LogP contribution in [0, 0.1) is 0 Å². The van der Waals surface area contributed by atoms with Crippen molar-refractivity contribution >= 4 is 0 Å². The summed E-state index contributed by atoms with van der Waals surface area (Å²) in [6.07, 6.45) is 1.27. The zero-order chi connectivity index (χ0) is 8.27. The van der Waals surface area contributed by atoms with E-state index in [0.29, 0.717) is 6.10 Å². The molecule has 0 aromatic carbocycles. The topological polar surface area (TPSA) is 32.7 Å². The number of methoxy groups -OCH3 is 1. The van der Waals surface area contributed by atoms with Crippen molar-refractivity contribution in [3.05, 3.63) is 0 Å². The van der Waals surface area contributed by atoms with E-state index in [1.165, 1.54) is 0 Å². The molecule has 0 aromatic heterocycles. The number of hydrogen-bond donors (Lipinski definition) is 1. The van der Waals surface area contributed by atoms with Crippen molar-refractivity contribution in [1.29, 1.82) is 0 Å². The van der Waals surface area contributed by atoms with Gasteiger partial charge < -0.3 is 9.84 Å². The van der Waals surface area contributed by atoms with Gasteiger partial charge in [0.15, 0.2) is 0 Å². The molecule has 3 heteroatoms. The summed E-state index contributed by atoms with van der Waals surface area (Å²) in [6, 6.07) is 0. The second kappa shape index (κ2) is 4.04. The number of likely N-dealkylation sites (tertiary alicyclic amines) is 1. The number of aliphatic hydroxyl groups excluding tert-OH is 1. The molecule has 0 bridgehead atoms. The SMILES string of the molecule is CO[C@@H]1CCN(CC(C)O)C1. The molecule has 0 amide bonds. The van der Waals surface area contributed by atoms with Gasteiger partial charge in [-0.05, 0) is 13.3 Å². The molecule has 1 saturated heterocycles. The number of β-amino-alcohol motifs (C(OH)–C–C–N with tert-alkyl or cyclic N) is 1. The maximum Gasteiger partial charge on any atom is 0.0710 e. The van der Waals surface area contributed by atoms with Gasteiger partial charge in [0.1, 0.15) is 0 Å². The molecule has 2 atom stereocenters. The van der Waals surface area contributed by atoms with Crippen LogP contribution in [-0.2, 0) is 4.74 Å². The molecule has 1 unspecified atom stereocenters. The van der Waals surface area contributed by atoms with Crippen LogP contribution in [0.25, 0.3) is 0 Å². The number of aliphatic hydroxyl groups is 1. The van der Waals surface area contributed by atoms with Gasteiger partial charge in [0.2, 0.25) is 0 Å². The first-order valence-electron chi connectivity index (χ1n) is 4.15. The van der Waals surface area contributed by atoms with Gasteiger partial charge in [-0.15, -0.1) is 0 Å². The molecule has 1 aliphatic rings. The van der Waals surface area contributed by atoms with Crippen LogP contribution in [0.1, 0.15) is 13.3 Å². The van der Waals surface area contributed by atoms with Gasteiger partial charge in [0.25, 0.3) is 0 Å². The summed E-state index contributed by atoms with van der Waals surface area (Å²) in [5, 5.41) is 9.09. The monoisotopic (exact) mass is 159 g/mol. The lowest BCUT2D eigenvalue weighted by molar-refractivity contribution is 0.0945. The van der Waals surface area contributed by atoms with Gasteiger partial charge in [0.05, 0.1) is 12.2 Å². The van der Waals surface area contributed by atoms with Crippen molar-refractivity contribution in [1.82, 2.24) is 4.90 Å². The first-order valence-corrected chi connectivity index (χ1v) is 4.15. The molecule has 1 aliphatic heterocycles. The van der Waals surface area contributed by atoms with Crippen molar-refractivity contribution in [2.45, 2.75) is 25.6 Å². The maximum atomic E-state index is 9.09. The summed E-state index contributed by atoms with van der Waals surface area (Å²) < 4.78 is 5.20. The molecule has 1 heterocycles. The summed E-state index contributed by atoms with van der Waals surface area (Å²) in [4.78, 5) is 2.23. The Morgan fingerprint density at radius 3 is 2.91 bits per heavy atom. The first-order chi connectivity index (χ1) is 5.22. The standard InChI is InChI=1S/C8H17NO2/c1-7(10)5-9-4-3-8(6-9)11-2/h7-8,10H,3-6H2,1-2H3/t7?,8-/m1/s1. The smallest absolute Gasteiger partial charge is 0.0710 e. The molecular formula is C8H17NO2. The van der Waals surface area contributed by atoms with Crippen molar-refractivity contribution in [2.24, 2.45) is 0 Å². The molecule has 11 heavy (non-hydrogen) atoms. The number of ether oxygens (including phenoxy) is 1. The predicted molar refractivity (Wildman–Crippen MR) is 43.5 cm³/mol. The fraction of sp³-hybridized carbons (Fsp3) is 1.00. The highest BCUT2D eigenvalue weighted by Crippen LogP contribution is 2.11. The fourth-order valence-corrected chi connectivity index (χ4v) is 1.53. The van der Waals surface area contributed by atoms with Gasteiger partial charge in [-0.25, -0.2) is 0 Å². The van der Waals surface area contributed by atoms with Crippen LogP contribution in [0.15, 0.2) is 0 Å². The van der Waals surface area contributed by atoms with E-state index in [1.54, 1.807) is 7.11 Å². The molecule has 0 spiro atoms. The first kappa shape index (κ1) is 8.97. The second-order valence-corrected chi connectivity index (χ2v) is 3.25. The molecule has 0 aromatic rings. The van der Waals surface area contributed by atoms with E-state index in [2.05, 4.69) is 4.90 Å². The van der Waals surface area contributed by atoms with Crippen LogP contribution in [0.4, 0.5) is 0 Å². The Kier molecular flexibility index (Phi) is 3.30. The van der Waals surface area contributed by atoms with Crippen LogP contribution in [0.5, 0.6) is 0 Å². The Labute approximate surface area is 68.0 Å². The summed E-state index contributed by atoms with van der Waals surface area (Å²) in [5.41, 5.74) is 0. The molecule has 66 valence electrons. The summed E-state index contributed by atoms with van der Waals surface area (Å²) in [6.45, 7) is 4.63. The third-order valence-electron chi connectivity index (χ3n) is 2.08. The quantitative estimate of drug-likeness (QED) is 0.633. The van der Waals surface area contributed by atoms with Gasteiger partial charge in [-0.3, -0.25) is 4.90 Å². The Morgan fingerprint density at radius 1 is 1.73 bits per heavy atom. The molecular weight excluding hydrogens is 142 g/mol. The van der Waals surface area contributed by atoms with Crippen molar-refractivity contribution in [3.8, 4) is 0 Å². The summed E-state index contributed by atoms with van der Waals surface area (Å²) in [7, 11) is 1.75. The molecule has 1 rings (SSSR count). The zero-order valence-corrected chi connectivity index (χ0v) is 7.29. The number of rotatable bonds is 3. The van der Waals surface area contributed by atoms with Crippen LogP contribution in [0.2, 0.25) is 0 Å². The van der Waals surface area contributed by atoms with Crippen LogP contribution in [0.3, 0.4) is 0 Å². The zero-order valence-electron chi connectivity index (χ0n) is 7.29. The third kappa shape index (κ3) is 2.77. The maximum absolute atomic E-state index is 9.09. The Balaban J connectivity index is 2.19. The Bertz CT molecular complexity index is 117. The Hall–Kier alpha value is -0.120. The van der Waals surface area contributed by atoms with E-state index in [0.717, 1.165) is 26.1 Å². The third-order valence-corrected chi connectivity index (χ3v) is 2.08. The lowest BCUT2D eigenvalue weighted by atomic mass is 10.3. The van der Waals surface area contributed by atoms with Crippen LogP contribution < -0.4 is 0 Å². The minimum atomic E-state index is -0.217. The molecule has 3 nitrogen and oxygen atoms in total. The Morgan fingerprint density at radius 2 is 2.45 bits per heavy atom. The van der Waals surface area contributed by atoms with Gasteiger partial charge >= 0.3 is 0 Å². The van der Waals surface area contributed by atoms with Gasteiger partial charge in [0, 0.05) is 26.7 Å². The fourth-order valence-electron chi connectivity index (χ4n) is 1.53. The van der Waals surface area contributed by atoms with Crippen molar-refractivity contribution < 1.29 is 9.84 Å². The van der Waals surface area contributed by atoms with E-state index >= 15 is 0 Å². The minimum Gasteiger partial charge on any atom is -0.392 e. The average molecular weight is 159 g/mol. The lowest BCUT2D eigenvalue weighted by Crippen LogP contribution is -2.29. The van der Waals surface area contributed by atoms with E-state index < -0.39 is 0 Å². The molecule has 1 N–H and O–H groups in total. The average Bonchev–Trinajstić information content (AvgIpc) is 2.34. The van der Waals surface area contributed by atoms with E-state index in [-0.39, 0.29) is 6.10 Å². The summed E-state index contributed by atoms with van der Waals surface area (Å²) >= 11 is 0. The molecule has 0 saturated carbocycles. The largest absolute Gasteiger partial charge is 0.392 e. The van der Waals surface area contributed by atoms with Crippen LogP contribution in [-0.4, -0.2) is 49.0 Å². The minimum absolute atomic E-state index is 0.217. The number of nitrogens with zero attached hydrogens (tertiary/aromatic N) is 1.